The van der Waals surface area contributed by atoms with Crippen LogP contribution in [-0.2, 0) is 11.5 Å². The first-order valence-corrected chi connectivity index (χ1v) is 12.5. The third-order valence-electron chi connectivity index (χ3n) is 5.52. The number of fused-ring (bicyclic) bond motifs is 1. The number of anilines is 1. The molecule has 34 heavy (non-hydrogen) atoms. The third kappa shape index (κ3) is 5.85. The number of benzene rings is 2. The Morgan fingerprint density at radius 2 is 1.62 bits per heavy atom. The maximum absolute atomic E-state index is 5.47. The molecule has 7 heteroatoms. The highest BCUT2D eigenvalue weighted by atomic mass is 32.2. The first kappa shape index (κ1) is 22.2. The fourth-order valence-corrected chi connectivity index (χ4v) is 4.65. The molecule has 0 bridgehead atoms. The third-order valence-corrected chi connectivity index (χ3v) is 6.59. The van der Waals surface area contributed by atoms with Gasteiger partial charge in [-0.2, -0.15) is 11.8 Å². The molecule has 0 saturated carbocycles. The molecule has 6 nitrogen and oxygen atoms in total. The Labute approximate surface area is 203 Å². The van der Waals surface area contributed by atoms with E-state index in [0.717, 1.165) is 53.8 Å². The Morgan fingerprint density at radius 1 is 0.853 bits per heavy atom. The molecule has 0 radical (unpaired) electrons. The molecule has 174 valence electrons. The number of hydrogen-bond acceptors (Lipinski definition) is 7. The minimum absolute atomic E-state index is 0.313. The highest BCUT2D eigenvalue weighted by molar-refractivity contribution is 7.97. The van der Waals surface area contributed by atoms with E-state index in [9.17, 15) is 0 Å². The Hall–Kier alpha value is -3.58. The summed E-state index contributed by atoms with van der Waals surface area (Å²) in [5, 5.41) is 7.54. The van der Waals surface area contributed by atoms with Crippen LogP contribution >= 0.6 is 11.8 Å². The van der Waals surface area contributed by atoms with E-state index in [1.807, 2.05) is 48.2 Å². The molecule has 0 unspecified atom stereocenters. The molecular formula is C27H27N3O3S. The van der Waals surface area contributed by atoms with Crippen LogP contribution in [0.1, 0.15) is 17.5 Å². The van der Waals surface area contributed by atoms with Crippen molar-refractivity contribution in [1.82, 2.24) is 10.1 Å². The standard InChI is InChI=1S/C27H27N3O3S/c1-2-4-14-30(13-3-1)15-5-12-28-27-17-24(29-33-27)23-9-6-21(7-10-23)18-34-19-22-8-11-25-26(16-22)32-20-31-25/h1-4,6-11,13-14,16-17,28H,5,12,15,18-20H2. The molecule has 2 aliphatic rings. The van der Waals surface area contributed by atoms with Crippen molar-refractivity contribution in [3.63, 3.8) is 0 Å². The van der Waals surface area contributed by atoms with Gasteiger partial charge in [-0.15, -0.1) is 0 Å². The second kappa shape index (κ2) is 11.0. The fourth-order valence-electron chi connectivity index (χ4n) is 3.70. The van der Waals surface area contributed by atoms with Gasteiger partial charge in [0.2, 0.25) is 12.7 Å². The quantitative estimate of drug-likeness (QED) is 0.352. The molecule has 1 aromatic heterocycles. The van der Waals surface area contributed by atoms with Crippen LogP contribution in [0, 0.1) is 0 Å². The van der Waals surface area contributed by atoms with Crippen LogP contribution in [-0.4, -0.2) is 29.9 Å². The van der Waals surface area contributed by atoms with E-state index < -0.39 is 0 Å². The van der Waals surface area contributed by atoms with Gasteiger partial charge < -0.3 is 24.2 Å². The lowest BCUT2D eigenvalue weighted by Gasteiger charge is -2.14. The highest BCUT2D eigenvalue weighted by Gasteiger charge is 2.13. The minimum Gasteiger partial charge on any atom is -0.454 e. The Morgan fingerprint density at radius 3 is 2.47 bits per heavy atom. The zero-order valence-electron chi connectivity index (χ0n) is 18.9. The number of ether oxygens (including phenoxy) is 2. The zero-order valence-corrected chi connectivity index (χ0v) is 19.7. The Bertz CT molecular complexity index is 1170. The van der Waals surface area contributed by atoms with E-state index in [4.69, 9.17) is 14.0 Å². The predicted octanol–water partition coefficient (Wildman–Crippen LogP) is 6.20. The van der Waals surface area contributed by atoms with E-state index in [1.54, 1.807) is 0 Å². The molecule has 2 aromatic carbocycles. The number of hydrogen-bond donors (Lipinski definition) is 1. The molecule has 2 aliphatic heterocycles. The van der Waals surface area contributed by atoms with E-state index >= 15 is 0 Å². The molecule has 0 aliphatic carbocycles. The van der Waals surface area contributed by atoms with Crippen LogP contribution in [0.25, 0.3) is 11.3 Å². The number of thioether (sulfide) groups is 1. The molecule has 0 saturated heterocycles. The van der Waals surface area contributed by atoms with Gasteiger partial charge in [0.05, 0.1) is 0 Å². The Kier molecular flexibility index (Phi) is 7.21. The Balaban J connectivity index is 1.06. The largest absolute Gasteiger partial charge is 0.454 e. The first-order valence-electron chi connectivity index (χ1n) is 11.4. The summed E-state index contributed by atoms with van der Waals surface area (Å²) >= 11 is 1.88. The van der Waals surface area contributed by atoms with Crippen LogP contribution in [0.4, 0.5) is 5.88 Å². The second-order valence-electron chi connectivity index (χ2n) is 8.04. The lowest BCUT2D eigenvalue weighted by atomic mass is 10.1. The number of nitrogens with zero attached hydrogens (tertiary/aromatic N) is 2. The molecule has 3 aromatic rings. The van der Waals surface area contributed by atoms with Gasteiger partial charge >= 0.3 is 0 Å². The van der Waals surface area contributed by atoms with Crippen LogP contribution in [0.15, 0.2) is 89.8 Å². The van der Waals surface area contributed by atoms with Gasteiger partial charge in [0.1, 0.15) is 5.69 Å². The van der Waals surface area contributed by atoms with Gasteiger partial charge in [-0.05, 0) is 41.8 Å². The van der Waals surface area contributed by atoms with Crippen molar-refractivity contribution in [2.24, 2.45) is 0 Å². The summed E-state index contributed by atoms with van der Waals surface area (Å²) in [5.41, 5.74) is 4.41. The average Bonchev–Trinajstić information content (AvgIpc) is 3.46. The maximum atomic E-state index is 5.47. The minimum atomic E-state index is 0.313. The predicted molar refractivity (Wildman–Crippen MR) is 137 cm³/mol. The summed E-state index contributed by atoms with van der Waals surface area (Å²) in [6, 6.07) is 16.6. The molecular weight excluding hydrogens is 446 g/mol. The molecule has 1 N–H and O–H groups in total. The number of nitrogens with one attached hydrogen (secondary N) is 1. The van der Waals surface area contributed by atoms with E-state index in [1.165, 1.54) is 11.1 Å². The zero-order chi connectivity index (χ0) is 23.0. The maximum Gasteiger partial charge on any atom is 0.231 e. The SMILES string of the molecule is C1=CC=CN(CCCNc2cc(-c3ccc(CSCc4ccc5c(c4)OCO5)cc3)no2)C=C1. The first-order chi connectivity index (χ1) is 16.8. The van der Waals surface area contributed by atoms with Crippen LogP contribution < -0.4 is 14.8 Å². The lowest BCUT2D eigenvalue weighted by Crippen LogP contribution is -2.14. The number of allylic oxidation sites excluding steroid dienone is 4. The van der Waals surface area contributed by atoms with Crippen molar-refractivity contribution in [3.8, 4) is 22.8 Å². The smallest absolute Gasteiger partial charge is 0.231 e. The van der Waals surface area contributed by atoms with Gasteiger partial charge in [-0.25, -0.2) is 0 Å². The van der Waals surface area contributed by atoms with Gasteiger partial charge in [0, 0.05) is 48.6 Å². The van der Waals surface area contributed by atoms with Crippen molar-refractivity contribution in [3.05, 3.63) is 96.4 Å². The number of aromatic nitrogens is 1. The van der Waals surface area contributed by atoms with Gasteiger partial charge in [-0.1, -0.05) is 47.6 Å². The summed E-state index contributed by atoms with van der Waals surface area (Å²) < 4.78 is 16.3. The van der Waals surface area contributed by atoms with E-state index in [0.29, 0.717) is 12.7 Å². The van der Waals surface area contributed by atoms with Crippen molar-refractivity contribution in [2.75, 3.05) is 25.2 Å². The molecule has 0 spiro atoms. The summed E-state index contributed by atoms with van der Waals surface area (Å²) in [4.78, 5) is 2.17. The van der Waals surface area contributed by atoms with Gasteiger partial charge in [0.15, 0.2) is 11.5 Å². The van der Waals surface area contributed by atoms with Crippen LogP contribution in [0.3, 0.4) is 0 Å². The summed E-state index contributed by atoms with van der Waals surface area (Å²) in [6.45, 7) is 2.07. The van der Waals surface area contributed by atoms with Crippen molar-refractivity contribution in [1.29, 1.82) is 0 Å². The molecule has 0 amide bonds. The van der Waals surface area contributed by atoms with E-state index in [-0.39, 0.29) is 0 Å². The summed E-state index contributed by atoms with van der Waals surface area (Å²) in [6.07, 6.45) is 13.3. The van der Waals surface area contributed by atoms with Crippen molar-refractivity contribution < 1.29 is 14.0 Å². The second-order valence-corrected chi connectivity index (χ2v) is 9.03. The molecule has 0 atom stereocenters. The van der Waals surface area contributed by atoms with Crippen LogP contribution in [0.2, 0.25) is 0 Å². The lowest BCUT2D eigenvalue weighted by molar-refractivity contribution is 0.174. The van der Waals surface area contributed by atoms with Gasteiger partial charge in [0.25, 0.3) is 0 Å². The van der Waals surface area contributed by atoms with Gasteiger partial charge in [-0.3, -0.25) is 0 Å². The van der Waals surface area contributed by atoms with Crippen molar-refractivity contribution >= 4 is 17.6 Å². The highest BCUT2D eigenvalue weighted by Crippen LogP contribution is 2.34. The molecule has 3 heterocycles. The number of rotatable bonds is 10. The summed E-state index contributed by atoms with van der Waals surface area (Å²) in [5.74, 6) is 4.24. The van der Waals surface area contributed by atoms with Crippen LogP contribution in [0.5, 0.6) is 11.5 Å². The fraction of sp³-hybridized carbons (Fsp3) is 0.222. The van der Waals surface area contributed by atoms with E-state index in [2.05, 4.69) is 64.2 Å². The molecule has 0 fully saturated rings. The average molecular weight is 474 g/mol. The summed E-state index contributed by atoms with van der Waals surface area (Å²) in [7, 11) is 0. The topological polar surface area (TPSA) is 59.8 Å². The normalized spacial score (nSPS) is 13.9. The molecule has 5 rings (SSSR count). The monoisotopic (exact) mass is 473 g/mol. The van der Waals surface area contributed by atoms with Crippen molar-refractivity contribution in [2.45, 2.75) is 17.9 Å².